The van der Waals surface area contributed by atoms with Crippen LogP contribution in [0.2, 0.25) is 0 Å². The first-order valence-corrected chi connectivity index (χ1v) is 8.00. The number of carbonyl (C=O) groups is 2. The molecule has 0 bridgehead atoms. The number of likely N-dealkylation sites (tertiary alicyclic amines) is 1. The third kappa shape index (κ3) is 2.25. The summed E-state index contributed by atoms with van der Waals surface area (Å²) in [6.45, 7) is 1.71. The Labute approximate surface area is 129 Å². The zero-order chi connectivity index (χ0) is 15.3. The normalized spacial score (nSPS) is 27.2. The van der Waals surface area contributed by atoms with Crippen molar-refractivity contribution in [1.29, 1.82) is 0 Å². The van der Waals surface area contributed by atoms with Crippen molar-refractivity contribution >= 4 is 12.0 Å². The second-order valence-electron chi connectivity index (χ2n) is 6.76. The average molecular weight is 300 g/mol. The summed E-state index contributed by atoms with van der Waals surface area (Å²) >= 11 is 0. The molecule has 2 unspecified atom stereocenters. The van der Waals surface area contributed by atoms with E-state index in [4.69, 9.17) is 0 Å². The van der Waals surface area contributed by atoms with Crippen LogP contribution in [0.15, 0.2) is 24.3 Å². The van der Waals surface area contributed by atoms with Gasteiger partial charge in [0.05, 0.1) is 12.0 Å². The fraction of sp³-hybridized carbons (Fsp3) is 0.529. The molecule has 3 aliphatic rings. The first kappa shape index (κ1) is 13.6. The molecule has 2 amide bonds. The number of hydrogen-bond donors (Lipinski definition) is 2. The number of hydrogen-bond acceptors (Lipinski definition) is 2. The van der Waals surface area contributed by atoms with Crippen molar-refractivity contribution in [2.45, 2.75) is 31.2 Å². The van der Waals surface area contributed by atoms with Crippen LogP contribution in [0, 0.1) is 11.8 Å². The monoisotopic (exact) mass is 300 g/mol. The number of aliphatic carboxylic acids is 1. The van der Waals surface area contributed by atoms with Crippen LogP contribution in [0.25, 0.3) is 0 Å². The van der Waals surface area contributed by atoms with Crippen LogP contribution < -0.4 is 5.32 Å². The summed E-state index contributed by atoms with van der Waals surface area (Å²) in [5.74, 6) is 0.195. The minimum absolute atomic E-state index is 0.0530. The molecule has 1 saturated heterocycles. The summed E-state index contributed by atoms with van der Waals surface area (Å²) in [5.41, 5.74) is 1.78. The van der Waals surface area contributed by atoms with Gasteiger partial charge in [0.2, 0.25) is 0 Å². The lowest BCUT2D eigenvalue weighted by molar-refractivity contribution is -0.138. The Bertz CT molecular complexity index is 620. The summed E-state index contributed by atoms with van der Waals surface area (Å²) in [5, 5.41) is 12.4. The topological polar surface area (TPSA) is 69.6 Å². The zero-order valence-electron chi connectivity index (χ0n) is 12.4. The van der Waals surface area contributed by atoms with Gasteiger partial charge in [-0.2, -0.15) is 0 Å². The third-order valence-corrected chi connectivity index (χ3v) is 5.30. The van der Waals surface area contributed by atoms with E-state index >= 15 is 0 Å². The third-order valence-electron chi connectivity index (χ3n) is 5.30. The van der Waals surface area contributed by atoms with E-state index in [1.165, 1.54) is 12.8 Å². The number of nitrogens with one attached hydrogen (secondary N) is 1. The molecule has 0 aromatic heterocycles. The molecule has 1 saturated carbocycles. The Morgan fingerprint density at radius 2 is 1.77 bits per heavy atom. The summed E-state index contributed by atoms with van der Waals surface area (Å²) in [6, 6.07) is 7.29. The van der Waals surface area contributed by atoms with E-state index in [-0.39, 0.29) is 12.1 Å². The van der Waals surface area contributed by atoms with Crippen molar-refractivity contribution < 1.29 is 14.7 Å². The molecule has 1 aliphatic heterocycles. The number of benzene rings is 1. The summed E-state index contributed by atoms with van der Waals surface area (Å²) in [7, 11) is 0. The van der Waals surface area contributed by atoms with Gasteiger partial charge < -0.3 is 15.3 Å². The van der Waals surface area contributed by atoms with Crippen LogP contribution in [0.3, 0.4) is 0 Å². The fourth-order valence-electron chi connectivity index (χ4n) is 3.79. The van der Waals surface area contributed by atoms with Crippen molar-refractivity contribution in [2.24, 2.45) is 11.8 Å². The van der Waals surface area contributed by atoms with Crippen molar-refractivity contribution in [3.63, 3.8) is 0 Å². The molecular weight excluding hydrogens is 280 g/mol. The highest BCUT2D eigenvalue weighted by molar-refractivity contribution is 5.80. The largest absolute Gasteiger partial charge is 0.481 e. The van der Waals surface area contributed by atoms with Crippen LogP contribution in [0.1, 0.15) is 42.3 Å². The Kier molecular flexibility index (Phi) is 3.10. The van der Waals surface area contributed by atoms with Crippen LogP contribution >= 0.6 is 0 Å². The van der Waals surface area contributed by atoms with Gasteiger partial charge in [0.15, 0.2) is 0 Å². The predicted molar refractivity (Wildman–Crippen MR) is 80.5 cm³/mol. The fourth-order valence-corrected chi connectivity index (χ4v) is 3.79. The Morgan fingerprint density at radius 1 is 1.09 bits per heavy atom. The molecule has 1 heterocycles. The number of carboxylic acids is 1. The Hall–Kier alpha value is -2.04. The molecule has 22 heavy (non-hydrogen) atoms. The maximum absolute atomic E-state index is 12.3. The van der Waals surface area contributed by atoms with Gasteiger partial charge >= 0.3 is 12.0 Å². The first-order valence-electron chi connectivity index (χ1n) is 8.00. The molecule has 1 aromatic rings. The Morgan fingerprint density at radius 3 is 2.41 bits per heavy atom. The van der Waals surface area contributed by atoms with Gasteiger partial charge in [-0.05, 0) is 42.2 Å². The van der Waals surface area contributed by atoms with Crippen LogP contribution in [-0.4, -0.2) is 35.1 Å². The van der Waals surface area contributed by atoms with Crippen LogP contribution in [0.5, 0.6) is 0 Å². The molecule has 0 spiro atoms. The number of carbonyl (C=O) groups excluding carboxylic acids is 1. The molecule has 2 fully saturated rings. The summed E-state index contributed by atoms with van der Waals surface area (Å²) < 4.78 is 0. The molecule has 2 atom stereocenters. The number of nitrogens with zero attached hydrogens (tertiary/aromatic N) is 1. The molecule has 5 nitrogen and oxygen atoms in total. The number of urea groups is 1. The van der Waals surface area contributed by atoms with E-state index in [2.05, 4.69) is 5.32 Å². The second-order valence-corrected chi connectivity index (χ2v) is 6.76. The predicted octanol–water partition coefficient (Wildman–Crippen LogP) is 2.35. The highest BCUT2D eigenvalue weighted by atomic mass is 16.4. The van der Waals surface area contributed by atoms with Crippen LogP contribution in [0.4, 0.5) is 4.79 Å². The van der Waals surface area contributed by atoms with Gasteiger partial charge in [-0.3, -0.25) is 4.79 Å². The maximum atomic E-state index is 12.3. The molecule has 2 N–H and O–H groups in total. The molecule has 1 aromatic carbocycles. The van der Waals surface area contributed by atoms with E-state index in [1.54, 1.807) is 0 Å². The minimum atomic E-state index is -0.818. The van der Waals surface area contributed by atoms with E-state index in [0.29, 0.717) is 12.3 Å². The minimum Gasteiger partial charge on any atom is -0.481 e. The molecule has 5 heteroatoms. The van der Waals surface area contributed by atoms with Gasteiger partial charge in [-0.15, -0.1) is 0 Å². The maximum Gasteiger partial charge on any atom is 0.317 e. The van der Waals surface area contributed by atoms with Crippen molar-refractivity contribution in [3.8, 4) is 0 Å². The summed E-state index contributed by atoms with van der Waals surface area (Å²) in [6.07, 6.45) is 3.08. The lowest BCUT2D eigenvalue weighted by atomic mass is 9.95. The van der Waals surface area contributed by atoms with Gasteiger partial charge in [0, 0.05) is 13.1 Å². The van der Waals surface area contributed by atoms with E-state index in [1.807, 2.05) is 29.2 Å². The zero-order valence-corrected chi connectivity index (χ0v) is 12.4. The number of carboxylic acid groups (broad SMARTS) is 1. The quantitative estimate of drug-likeness (QED) is 0.900. The van der Waals surface area contributed by atoms with Gasteiger partial charge in [0.1, 0.15) is 0 Å². The molecule has 116 valence electrons. The van der Waals surface area contributed by atoms with Crippen molar-refractivity contribution in [1.82, 2.24) is 10.2 Å². The van der Waals surface area contributed by atoms with E-state index in [0.717, 1.165) is 30.1 Å². The van der Waals surface area contributed by atoms with E-state index < -0.39 is 11.9 Å². The summed E-state index contributed by atoms with van der Waals surface area (Å²) in [4.78, 5) is 25.6. The van der Waals surface area contributed by atoms with E-state index in [9.17, 15) is 14.7 Å². The number of amides is 2. The molecule has 4 rings (SSSR count). The standard InChI is InChI=1S/C17H20N2O3/c20-16(21)14-7-15(13-4-2-1-3-12(13)14)18-17(22)19-8-11(9-19)10-5-6-10/h1-4,10-11,14-15H,5-9H2,(H,18,22)(H,20,21). The average Bonchev–Trinajstić information content (AvgIpc) is 3.20. The van der Waals surface area contributed by atoms with Gasteiger partial charge in [-0.25, -0.2) is 4.79 Å². The second kappa shape index (κ2) is 5.00. The van der Waals surface area contributed by atoms with Crippen molar-refractivity contribution in [2.75, 3.05) is 13.1 Å². The lowest BCUT2D eigenvalue weighted by Gasteiger charge is -2.40. The lowest BCUT2D eigenvalue weighted by Crippen LogP contribution is -2.54. The highest BCUT2D eigenvalue weighted by Crippen LogP contribution is 2.42. The first-order chi connectivity index (χ1) is 10.6. The Balaban J connectivity index is 1.43. The van der Waals surface area contributed by atoms with Gasteiger partial charge in [-0.1, -0.05) is 24.3 Å². The van der Waals surface area contributed by atoms with Crippen molar-refractivity contribution in [3.05, 3.63) is 35.4 Å². The smallest absolute Gasteiger partial charge is 0.317 e. The highest BCUT2D eigenvalue weighted by Gasteiger charge is 2.42. The molecule has 2 aliphatic carbocycles. The number of fused-ring (bicyclic) bond motifs is 1. The van der Waals surface area contributed by atoms with Gasteiger partial charge in [0.25, 0.3) is 0 Å². The molecule has 0 radical (unpaired) electrons. The molecular formula is C17H20N2O3. The number of rotatable bonds is 3. The van der Waals surface area contributed by atoms with Crippen LogP contribution in [-0.2, 0) is 4.79 Å². The SMILES string of the molecule is O=C(O)C1CC(NC(=O)N2CC(C3CC3)C2)c2ccccc21.